The number of benzene rings is 1. The Morgan fingerprint density at radius 3 is 2.50 bits per heavy atom. The first kappa shape index (κ1) is 17.1. The van der Waals surface area contributed by atoms with E-state index in [4.69, 9.17) is 0 Å². The van der Waals surface area contributed by atoms with Gasteiger partial charge in [0.1, 0.15) is 0 Å². The highest BCUT2D eigenvalue weighted by atomic mass is 32.2. The lowest BCUT2D eigenvalue weighted by molar-refractivity contribution is 0.525. The van der Waals surface area contributed by atoms with E-state index in [9.17, 15) is 16.8 Å². The van der Waals surface area contributed by atoms with E-state index in [-0.39, 0.29) is 16.4 Å². The minimum atomic E-state index is -3.72. The highest BCUT2D eigenvalue weighted by Gasteiger charge is 2.45. The van der Waals surface area contributed by atoms with Gasteiger partial charge in [0, 0.05) is 25.0 Å². The van der Waals surface area contributed by atoms with Crippen LogP contribution in [0.1, 0.15) is 5.56 Å². The van der Waals surface area contributed by atoms with Gasteiger partial charge in [-0.1, -0.05) is 24.3 Å². The van der Waals surface area contributed by atoms with E-state index in [1.807, 2.05) is 6.07 Å². The van der Waals surface area contributed by atoms with Crippen LogP contribution in [0.4, 0.5) is 0 Å². The lowest BCUT2D eigenvalue weighted by atomic mass is 10.2. The first-order valence-corrected chi connectivity index (χ1v) is 10.9. The van der Waals surface area contributed by atoms with Crippen LogP contribution in [0.25, 0.3) is 0 Å². The van der Waals surface area contributed by atoms with Crippen molar-refractivity contribution in [2.45, 2.75) is 22.7 Å². The molecule has 2 atom stereocenters. The normalized spacial score (nSPS) is 23.2. The molecule has 2 unspecified atom stereocenters. The van der Waals surface area contributed by atoms with Gasteiger partial charge < -0.3 is 5.32 Å². The van der Waals surface area contributed by atoms with Crippen LogP contribution in [-0.4, -0.2) is 44.6 Å². The van der Waals surface area contributed by atoms with Gasteiger partial charge in [0.25, 0.3) is 0 Å². The number of pyridine rings is 1. The molecule has 1 aromatic heterocycles. The van der Waals surface area contributed by atoms with Gasteiger partial charge in [0.2, 0.25) is 0 Å². The van der Waals surface area contributed by atoms with Crippen LogP contribution < -0.4 is 5.32 Å². The summed E-state index contributed by atoms with van der Waals surface area (Å²) in [5.74, 6) is -0.529. The lowest BCUT2D eigenvalue weighted by Gasteiger charge is -2.20. The molecule has 0 bridgehead atoms. The number of hydrogen-bond acceptors (Lipinski definition) is 6. The molecule has 1 aliphatic rings. The third-order valence-electron chi connectivity index (χ3n) is 4.06. The molecule has 2 aromatic rings. The van der Waals surface area contributed by atoms with Crippen LogP contribution in [0.2, 0.25) is 0 Å². The largest absolute Gasteiger partial charge is 0.308 e. The second-order valence-electron chi connectivity index (χ2n) is 5.82. The summed E-state index contributed by atoms with van der Waals surface area (Å²) in [6.07, 6.45) is 3.31. The molecule has 24 heavy (non-hydrogen) atoms. The zero-order valence-electron chi connectivity index (χ0n) is 12.9. The minimum absolute atomic E-state index is 0.153. The quantitative estimate of drug-likeness (QED) is 0.842. The van der Waals surface area contributed by atoms with E-state index in [1.165, 1.54) is 12.1 Å². The van der Waals surface area contributed by atoms with Gasteiger partial charge in [-0.2, -0.15) is 0 Å². The van der Waals surface area contributed by atoms with Gasteiger partial charge in [0.15, 0.2) is 19.7 Å². The Balaban J connectivity index is 1.84. The van der Waals surface area contributed by atoms with Crippen LogP contribution >= 0.6 is 0 Å². The Morgan fingerprint density at radius 2 is 1.83 bits per heavy atom. The third kappa shape index (κ3) is 3.66. The molecule has 0 radical (unpaired) electrons. The van der Waals surface area contributed by atoms with Crippen molar-refractivity contribution >= 4 is 19.7 Å². The highest BCUT2D eigenvalue weighted by Crippen LogP contribution is 2.26. The van der Waals surface area contributed by atoms with Crippen LogP contribution in [0.5, 0.6) is 0 Å². The van der Waals surface area contributed by atoms with Crippen LogP contribution in [0, 0.1) is 0 Å². The molecule has 1 aromatic carbocycles. The Kier molecular flexibility index (Phi) is 4.71. The van der Waals surface area contributed by atoms with E-state index in [1.54, 1.807) is 36.7 Å². The van der Waals surface area contributed by atoms with Crippen molar-refractivity contribution in [3.63, 3.8) is 0 Å². The zero-order valence-corrected chi connectivity index (χ0v) is 14.5. The summed E-state index contributed by atoms with van der Waals surface area (Å²) >= 11 is 0. The van der Waals surface area contributed by atoms with Gasteiger partial charge in [-0.3, -0.25) is 4.98 Å². The maximum absolute atomic E-state index is 12.8. The van der Waals surface area contributed by atoms with E-state index in [2.05, 4.69) is 10.3 Å². The second kappa shape index (κ2) is 6.62. The van der Waals surface area contributed by atoms with Crippen molar-refractivity contribution in [1.82, 2.24) is 10.3 Å². The van der Waals surface area contributed by atoms with Gasteiger partial charge in [0.05, 0.1) is 21.7 Å². The first-order valence-electron chi connectivity index (χ1n) is 7.50. The van der Waals surface area contributed by atoms with E-state index in [0.29, 0.717) is 6.54 Å². The van der Waals surface area contributed by atoms with Crippen molar-refractivity contribution in [2.24, 2.45) is 0 Å². The van der Waals surface area contributed by atoms with Gasteiger partial charge in [-0.15, -0.1) is 0 Å². The summed E-state index contributed by atoms with van der Waals surface area (Å²) in [4.78, 5) is 4.15. The van der Waals surface area contributed by atoms with Crippen LogP contribution in [0.3, 0.4) is 0 Å². The molecule has 8 heteroatoms. The second-order valence-corrected chi connectivity index (χ2v) is 10.1. The standard InChI is InChI=1S/C16H18N2O4S2/c19-23(20)11-15(18-10-13-5-4-8-17-9-13)16(12-23)24(21,22)14-6-2-1-3-7-14/h1-9,15-16,18H,10-12H2. The van der Waals surface area contributed by atoms with Crippen molar-refractivity contribution in [3.8, 4) is 0 Å². The number of rotatable bonds is 5. The first-order chi connectivity index (χ1) is 11.4. The molecule has 1 fully saturated rings. The molecule has 2 heterocycles. The molecule has 3 rings (SSSR count). The molecule has 0 saturated carbocycles. The Labute approximate surface area is 141 Å². The summed E-state index contributed by atoms with van der Waals surface area (Å²) in [6.45, 7) is 0.370. The van der Waals surface area contributed by atoms with E-state index < -0.39 is 31.0 Å². The van der Waals surface area contributed by atoms with Gasteiger partial charge in [-0.25, -0.2) is 16.8 Å². The van der Waals surface area contributed by atoms with Crippen LogP contribution in [0.15, 0.2) is 59.8 Å². The molecule has 1 saturated heterocycles. The summed E-state index contributed by atoms with van der Waals surface area (Å²) < 4.78 is 49.7. The fourth-order valence-corrected chi connectivity index (χ4v) is 7.59. The monoisotopic (exact) mass is 366 g/mol. The lowest BCUT2D eigenvalue weighted by Crippen LogP contribution is -2.43. The average molecular weight is 366 g/mol. The van der Waals surface area contributed by atoms with Crippen molar-refractivity contribution in [3.05, 3.63) is 60.4 Å². The molecular formula is C16H18N2O4S2. The number of hydrogen-bond donors (Lipinski definition) is 1. The van der Waals surface area contributed by atoms with E-state index in [0.717, 1.165) is 5.56 Å². The average Bonchev–Trinajstić information content (AvgIpc) is 2.90. The summed E-state index contributed by atoms with van der Waals surface area (Å²) in [5.41, 5.74) is 0.873. The molecule has 0 spiro atoms. The van der Waals surface area contributed by atoms with Gasteiger partial charge >= 0.3 is 0 Å². The fourth-order valence-electron chi connectivity index (χ4n) is 2.85. The molecular weight excluding hydrogens is 348 g/mol. The number of sulfone groups is 2. The van der Waals surface area contributed by atoms with E-state index >= 15 is 0 Å². The Morgan fingerprint density at radius 1 is 1.08 bits per heavy atom. The predicted molar refractivity (Wildman–Crippen MR) is 90.9 cm³/mol. The third-order valence-corrected chi connectivity index (χ3v) is 8.23. The Hall–Kier alpha value is -1.77. The maximum Gasteiger partial charge on any atom is 0.183 e. The van der Waals surface area contributed by atoms with Crippen molar-refractivity contribution in [1.29, 1.82) is 0 Å². The Bertz CT molecular complexity index is 898. The molecule has 6 nitrogen and oxygen atoms in total. The minimum Gasteiger partial charge on any atom is -0.308 e. The fraction of sp³-hybridized carbons (Fsp3) is 0.312. The molecule has 128 valence electrons. The maximum atomic E-state index is 12.8. The molecule has 0 amide bonds. The number of nitrogens with one attached hydrogen (secondary N) is 1. The summed E-state index contributed by atoms with van der Waals surface area (Å²) in [7, 11) is -7.12. The van der Waals surface area contributed by atoms with Crippen molar-refractivity contribution < 1.29 is 16.8 Å². The predicted octanol–water partition coefficient (Wildman–Crippen LogP) is 0.811. The van der Waals surface area contributed by atoms with Crippen LogP contribution in [-0.2, 0) is 26.2 Å². The topological polar surface area (TPSA) is 93.2 Å². The highest BCUT2D eigenvalue weighted by molar-refractivity contribution is 7.96. The molecule has 1 aliphatic heterocycles. The zero-order chi connectivity index (χ0) is 17.2. The molecule has 1 N–H and O–H groups in total. The van der Waals surface area contributed by atoms with Crippen molar-refractivity contribution in [2.75, 3.05) is 11.5 Å². The summed E-state index contributed by atoms with van der Waals surface area (Å²) in [6, 6.07) is 11.0. The SMILES string of the molecule is O=S1(=O)CC(NCc2cccnc2)C(S(=O)(=O)c2ccccc2)C1. The van der Waals surface area contributed by atoms with Gasteiger partial charge in [-0.05, 0) is 23.8 Å². The number of nitrogens with zero attached hydrogens (tertiary/aromatic N) is 1. The number of aromatic nitrogens is 1. The smallest absolute Gasteiger partial charge is 0.183 e. The molecule has 0 aliphatic carbocycles. The summed E-state index contributed by atoms with van der Waals surface area (Å²) in [5, 5.41) is 2.10.